The molecule has 0 aliphatic heterocycles. The van der Waals surface area contributed by atoms with Crippen LogP contribution in [0.25, 0.3) is 123 Å². The second kappa shape index (κ2) is 26.5. The summed E-state index contributed by atoms with van der Waals surface area (Å²) >= 11 is 0. The number of nitrogens with zero attached hydrogens (tertiary/aromatic N) is 4. The fourth-order valence-electron chi connectivity index (χ4n) is 13.1. The Morgan fingerprint density at radius 2 is 0.333 bits per heavy atom. The summed E-state index contributed by atoms with van der Waals surface area (Å²) < 4.78 is 0. The maximum atomic E-state index is 5.45. The highest BCUT2D eigenvalue weighted by atomic mass is 15.2. The molecule has 0 N–H and O–H groups in total. The molecule has 1 heterocycles. The van der Waals surface area contributed by atoms with E-state index in [1.54, 1.807) is 0 Å². The number of rotatable bonds is 16. The Morgan fingerprint density at radius 3 is 0.594 bits per heavy atom. The predicted octanol–water partition coefficient (Wildman–Crippen LogP) is 25.2. The van der Waals surface area contributed by atoms with Gasteiger partial charge in [0.05, 0.1) is 33.8 Å². The first-order valence-corrected chi connectivity index (χ1v) is 32.7. The first-order valence-electron chi connectivity index (χ1n) is 32.7. The lowest BCUT2D eigenvalue weighted by molar-refractivity contribution is 1.26. The number of aromatic nitrogens is 2. The van der Waals surface area contributed by atoms with E-state index in [-0.39, 0.29) is 0 Å². The maximum Gasteiger partial charge on any atom is 0.0973 e. The van der Waals surface area contributed by atoms with Crippen molar-refractivity contribution in [3.63, 3.8) is 0 Å². The van der Waals surface area contributed by atoms with Gasteiger partial charge in [0.15, 0.2) is 0 Å². The van der Waals surface area contributed by atoms with E-state index in [4.69, 9.17) is 9.97 Å². The first-order chi connectivity index (χ1) is 47.6. The van der Waals surface area contributed by atoms with Gasteiger partial charge in [-0.3, -0.25) is 0 Å². The molecule has 0 saturated carbocycles. The Balaban J connectivity index is 0.764. The summed E-state index contributed by atoms with van der Waals surface area (Å²) in [5.74, 6) is 0. The first kappa shape index (κ1) is 58.3. The lowest BCUT2D eigenvalue weighted by Gasteiger charge is -2.28. The molecule has 1 aromatic heterocycles. The van der Waals surface area contributed by atoms with Crippen molar-refractivity contribution in [1.29, 1.82) is 0 Å². The minimum atomic E-state index is 0.801. The van der Waals surface area contributed by atoms with E-state index in [0.717, 1.165) is 112 Å². The van der Waals surface area contributed by atoms with Gasteiger partial charge in [-0.25, -0.2) is 9.97 Å². The van der Waals surface area contributed by atoms with Crippen LogP contribution in [0.5, 0.6) is 0 Å². The molecular weight excluding hydrogens is 1160 g/mol. The zero-order valence-corrected chi connectivity index (χ0v) is 52.7. The van der Waals surface area contributed by atoms with Crippen LogP contribution >= 0.6 is 0 Å². The molecule has 15 aromatic carbocycles. The third kappa shape index (κ3) is 12.1. The van der Waals surface area contributed by atoms with E-state index < -0.39 is 0 Å². The zero-order chi connectivity index (χ0) is 64.0. The third-order valence-corrected chi connectivity index (χ3v) is 18.2. The van der Waals surface area contributed by atoms with E-state index in [9.17, 15) is 0 Å². The van der Waals surface area contributed by atoms with Crippen LogP contribution in [0.3, 0.4) is 0 Å². The van der Waals surface area contributed by atoms with Crippen molar-refractivity contribution >= 4 is 45.2 Å². The van der Waals surface area contributed by atoms with Crippen LogP contribution < -0.4 is 9.80 Å². The van der Waals surface area contributed by atoms with E-state index in [0.29, 0.717) is 0 Å². The molecule has 0 bridgehead atoms. The molecule has 0 saturated heterocycles. The highest BCUT2D eigenvalue weighted by Gasteiger charge is 2.22. The minimum absolute atomic E-state index is 0.801. The molecule has 452 valence electrons. The molecule has 0 atom stereocenters. The fourth-order valence-corrected chi connectivity index (χ4v) is 13.1. The van der Waals surface area contributed by atoms with Crippen molar-refractivity contribution in [2.75, 3.05) is 9.80 Å². The van der Waals surface area contributed by atoms with Crippen LogP contribution in [0.1, 0.15) is 0 Å². The SMILES string of the molecule is c1ccc(-c2ccc(-c3ccc(N(c4ccc(-c5nc6ccccc6nc5-c5ccc(N(c6ccc(-c7ccc(-c8ccccc8)cc7)cc6)c6ccccc6-c6ccc(-c7ccccc7)cc6)cc5)cc4)c4ccccc4-c4ccc(-c5ccccc5)cc4)cc3)cc2)cc1. The predicted molar refractivity (Wildman–Crippen MR) is 403 cm³/mol. The maximum absolute atomic E-state index is 5.45. The number of hydrogen-bond donors (Lipinski definition) is 0. The lowest BCUT2D eigenvalue weighted by Crippen LogP contribution is -2.11. The monoisotopic (exact) mass is 1220 g/mol. The topological polar surface area (TPSA) is 32.3 Å². The van der Waals surface area contributed by atoms with Gasteiger partial charge in [-0.1, -0.05) is 315 Å². The molecule has 0 aliphatic rings. The van der Waals surface area contributed by atoms with E-state index in [1.807, 2.05) is 12.1 Å². The van der Waals surface area contributed by atoms with Gasteiger partial charge in [0.25, 0.3) is 0 Å². The van der Waals surface area contributed by atoms with Crippen molar-refractivity contribution in [2.45, 2.75) is 0 Å². The molecule has 4 heteroatoms. The molecule has 0 amide bonds. The van der Waals surface area contributed by atoms with Gasteiger partial charge in [0.2, 0.25) is 0 Å². The standard InChI is InChI=1S/C92H64N4/c1-5-19-65(20-6-1)69-33-37-73(38-34-69)75-49-57-81(58-50-75)95(89-31-17-13-27-85(89)77-45-41-71(42-46-77)67-23-9-3-10-24-67)83-61-53-79(54-62-83)91-92(94-88-30-16-15-29-87(88)93-91)80-55-63-84(64-56-80)96(82-59-51-76(52-60-82)74-39-35-70(36-40-74)66-21-7-2-8-22-66)90-32-18-14-28-86(90)78-47-43-72(44-48-78)68-25-11-4-12-26-68/h1-64H. The summed E-state index contributed by atoms with van der Waals surface area (Å²) in [6.45, 7) is 0. The summed E-state index contributed by atoms with van der Waals surface area (Å²) in [5.41, 5.74) is 30.0. The normalized spacial score (nSPS) is 11.1. The summed E-state index contributed by atoms with van der Waals surface area (Å²) in [7, 11) is 0. The number of anilines is 6. The van der Waals surface area contributed by atoms with Crippen LogP contribution in [0.15, 0.2) is 388 Å². The Kier molecular flexibility index (Phi) is 16.1. The summed E-state index contributed by atoms with van der Waals surface area (Å²) in [5, 5.41) is 0. The zero-order valence-electron chi connectivity index (χ0n) is 52.7. The van der Waals surface area contributed by atoms with Gasteiger partial charge < -0.3 is 9.80 Å². The minimum Gasteiger partial charge on any atom is -0.310 e. The Bertz CT molecular complexity index is 4960. The molecule has 16 rings (SSSR count). The molecular formula is C92H64N4. The second-order valence-electron chi connectivity index (χ2n) is 24.1. The van der Waals surface area contributed by atoms with Gasteiger partial charge in [0, 0.05) is 45.0 Å². The quantitative estimate of drug-likeness (QED) is 0.0965. The molecule has 4 nitrogen and oxygen atoms in total. The summed E-state index contributed by atoms with van der Waals surface area (Å²) in [4.78, 5) is 15.6. The highest BCUT2D eigenvalue weighted by Crippen LogP contribution is 2.46. The van der Waals surface area contributed by atoms with Crippen LogP contribution in [-0.2, 0) is 0 Å². The van der Waals surface area contributed by atoms with Crippen LogP contribution in [0.2, 0.25) is 0 Å². The largest absolute Gasteiger partial charge is 0.310 e. The number of benzene rings is 15. The van der Waals surface area contributed by atoms with Crippen molar-refractivity contribution in [3.05, 3.63) is 388 Å². The third-order valence-electron chi connectivity index (χ3n) is 18.2. The Labute approximate surface area is 561 Å². The summed E-state index contributed by atoms with van der Waals surface area (Å²) in [6.07, 6.45) is 0. The van der Waals surface area contributed by atoms with Crippen LogP contribution in [0, 0.1) is 0 Å². The van der Waals surface area contributed by atoms with Gasteiger partial charge in [0.1, 0.15) is 0 Å². The summed E-state index contributed by atoms with van der Waals surface area (Å²) in [6, 6.07) is 139. The van der Waals surface area contributed by atoms with E-state index in [2.05, 4.69) is 386 Å². The van der Waals surface area contributed by atoms with Crippen molar-refractivity contribution in [3.8, 4) is 112 Å². The van der Waals surface area contributed by atoms with Crippen molar-refractivity contribution in [2.24, 2.45) is 0 Å². The fraction of sp³-hybridized carbons (Fsp3) is 0. The number of fused-ring (bicyclic) bond motifs is 1. The number of hydrogen-bond acceptors (Lipinski definition) is 4. The molecule has 16 aromatic rings. The molecule has 0 aliphatic carbocycles. The van der Waals surface area contributed by atoms with Gasteiger partial charge in [-0.2, -0.15) is 0 Å². The number of para-hydroxylation sites is 4. The van der Waals surface area contributed by atoms with Crippen LogP contribution in [0.4, 0.5) is 34.1 Å². The highest BCUT2D eigenvalue weighted by molar-refractivity contribution is 5.94. The molecule has 0 spiro atoms. The van der Waals surface area contributed by atoms with Gasteiger partial charge >= 0.3 is 0 Å². The Morgan fingerprint density at radius 1 is 0.146 bits per heavy atom. The molecule has 96 heavy (non-hydrogen) atoms. The van der Waals surface area contributed by atoms with E-state index >= 15 is 0 Å². The van der Waals surface area contributed by atoms with Gasteiger partial charge in [-0.05, 0) is 151 Å². The lowest BCUT2D eigenvalue weighted by atomic mass is 9.97. The van der Waals surface area contributed by atoms with E-state index in [1.165, 1.54) is 44.5 Å². The van der Waals surface area contributed by atoms with Crippen LogP contribution in [-0.4, -0.2) is 9.97 Å². The Hall–Kier alpha value is -12.8. The molecule has 0 radical (unpaired) electrons. The smallest absolute Gasteiger partial charge is 0.0973 e. The van der Waals surface area contributed by atoms with Crippen molar-refractivity contribution < 1.29 is 0 Å². The average Bonchev–Trinajstić information content (AvgIpc) is 0.824. The molecule has 0 fully saturated rings. The van der Waals surface area contributed by atoms with Crippen molar-refractivity contribution in [1.82, 2.24) is 9.97 Å². The molecule has 0 unspecified atom stereocenters. The van der Waals surface area contributed by atoms with Gasteiger partial charge in [-0.15, -0.1) is 0 Å². The average molecular weight is 1230 g/mol. The second-order valence-corrected chi connectivity index (χ2v) is 24.1.